The topological polar surface area (TPSA) is 38.8 Å². The zero-order valence-electron chi connectivity index (χ0n) is 17.4. The van der Waals surface area contributed by atoms with Gasteiger partial charge in [0.25, 0.3) is 0 Å². The fourth-order valence-electron chi connectivity index (χ4n) is 4.90. The molecule has 0 N–H and O–H groups in total. The molecule has 22 heavy (non-hydrogen) atoms. The van der Waals surface area contributed by atoms with Gasteiger partial charge in [0.2, 0.25) is 0 Å². The number of likely N-dealkylation sites (N-methyl/N-ethyl adjacent to an activating group) is 1. The van der Waals surface area contributed by atoms with Crippen LogP contribution < -0.4 is 9.47 Å². The molecule has 4 nitrogen and oxygen atoms in total. The molecular weight excluding hydrogens is 278 g/mol. The fourth-order valence-corrected chi connectivity index (χ4v) is 4.90. The van der Waals surface area contributed by atoms with E-state index in [2.05, 4.69) is 0 Å². The highest BCUT2D eigenvalue weighted by Crippen LogP contribution is 2.62. The van der Waals surface area contributed by atoms with Crippen LogP contribution in [0.1, 0.15) is 37.2 Å². The van der Waals surface area contributed by atoms with E-state index >= 15 is 0 Å². The van der Waals surface area contributed by atoms with E-state index < -0.39 is 30.4 Å². The molecule has 116 valence electrons. The van der Waals surface area contributed by atoms with Crippen LogP contribution >= 0.6 is 0 Å². The maximum atomic E-state index is 12.8. The van der Waals surface area contributed by atoms with Gasteiger partial charge in [-0.1, -0.05) is 6.07 Å². The number of piperidine rings is 1. The third-order valence-corrected chi connectivity index (χ3v) is 5.77. The molecule has 0 amide bonds. The Hall–Kier alpha value is -1.55. The van der Waals surface area contributed by atoms with Crippen molar-refractivity contribution in [2.24, 2.45) is 5.89 Å². The lowest BCUT2D eigenvalue weighted by Crippen LogP contribution is -2.65. The molecule has 1 saturated heterocycles. The molecule has 2 aliphatic heterocycles. The third-order valence-electron chi connectivity index (χ3n) is 5.77. The summed E-state index contributed by atoms with van der Waals surface area (Å²) in [5.41, 5.74) is 0.585. The molecule has 5 rings (SSSR count). The summed E-state index contributed by atoms with van der Waals surface area (Å²) in [5, 5.41) is 0. The molecular formula is C18H21NO3. The molecule has 2 heterocycles. The van der Waals surface area contributed by atoms with Gasteiger partial charge in [-0.25, -0.2) is 0 Å². The first-order valence-electron chi connectivity index (χ1n) is 10.3. The number of nitrogens with zero attached hydrogens (tertiary/aromatic N) is 1. The summed E-state index contributed by atoms with van der Waals surface area (Å²) in [6.45, 7) is -2.34. The van der Waals surface area contributed by atoms with Crippen LogP contribution in [-0.4, -0.2) is 43.4 Å². The van der Waals surface area contributed by atoms with Gasteiger partial charge in [-0.2, -0.15) is 0 Å². The number of ketones is 1. The zero-order valence-corrected chi connectivity index (χ0v) is 12.4. The number of carbonyl (C=O) groups excluding carboxylic acids is 1. The molecule has 2 bridgehead atoms. The van der Waals surface area contributed by atoms with Crippen molar-refractivity contribution in [2.75, 3.05) is 20.6 Å². The Kier molecular flexibility index (Phi) is 1.64. The Morgan fingerprint density at radius 1 is 1.55 bits per heavy atom. The van der Waals surface area contributed by atoms with Crippen LogP contribution in [0.2, 0.25) is 0 Å². The summed E-state index contributed by atoms with van der Waals surface area (Å²) >= 11 is 0. The van der Waals surface area contributed by atoms with E-state index in [1.807, 2.05) is 6.07 Å². The molecule has 1 aromatic rings. The minimum absolute atomic E-state index is 0.0753. The fraction of sp³-hybridized carbons (Fsp3) is 0.611. The molecule has 0 aromatic heterocycles. The second-order valence-corrected chi connectivity index (χ2v) is 6.57. The van der Waals surface area contributed by atoms with Crippen molar-refractivity contribution in [2.45, 2.75) is 43.2 Å². The van der Waals surface area contributed by atoms with Crippen LogP contribution in [0.25, 0.3) is 0 Å². The quantitative estimate of drug-likeness (QED) is 0.795. The second kappa shape index (κ2) is 4.05. The second-order valence-electron chi connectivity index (χ2n) is 6.57. The molecule has 4 aliphatic rings. The molecule has 4 atom stereocenters. The van der Waals surface area contributed by atoms with E-state index in [4.69, 9.17) is 13.6 Å². The van der Waals surface area contributed by atoms with Crippen molar-refractivity contribution >= 4 is 5.78 Å². The van der Waals surface area contributed by atoms with Gasteiger partial charge in [-0.3, -0.25) is 4.79 Å². The van der Waals surface area contributed by atoms with Gasteiger partial charge >= 0.3 is 0 Å². The van der Waals surface area contributed by atoms with Gasteiger partial charge in [-0.15, -0.1) is 0 Å². The van der Waals surface area contributed by atoms with Crippen LogP contribution in [0, 0.1) is 5.89 Å². The summed E-state index contributed by atoms with van der Waals surface area (Å²) in [4.78, 5) is 14.0. The SMILES string of the molecule is [2H]C([2H])([2H])N1CC[C@]23c4c5ccc(OC)c4OC2C(=O)CC[C@@]3([2H])[C@@]1([2H])C5. The monoisotopic (exact) mass is 304 g/mol. The summed E-state index contributed by atoms with van der Waals surface area (Å²) in [7, 11) is 1.53. The van der Waals surface area contributed by atoms with Gasteiger partial charge in [0.05, 0.1) is 7.11 Å². The van der Waals surface area contributed by atoms with Crippen molar-refractivity contribution < 1.29 is 21.1 Å². The first-order valence-corrected chi connectivity index (χ1v) is 7.78. The highest BCUT2D eigenvalue weighted by atomic mass is 16.5. The van der Waals surface area contributed by atoms with E-state index in [0.717, 1.165) is 11.1 Å². The molecule has 1 unspecified atom stereocenters. The van der Waals surface area contributed by atoms with Crippen molar-refractivity contribution in [1.29, 1.82) is 0 Å². The average Bonchev–Trinajstić information content (AvgIpc) is 2.93. The number of hydrogen-bond acceptors (Lipinski definition) is 4. The minimum Gasteiger partial charge on any atom is -0.493 e. The Bertz CT molecular complexity index is 873. The first-order chi connectivity index (χ1) is 12.6. The van der Waals surface area contributed by atoms with Crippen molar-refractivity contribution in [3.05, 3.63) is 23.3 Å². The normalized spacial score (nSPS) is 49.0. The van der Waals surface area contributed by atoms with Crippen LogP contribution in [-0.2, 0) is 16.6 Å². The number of ether oxygens (including phenoxy) is 2. The molecule has 0 radical (unpaired) electrons. The summed E-state index contributed by atoms with van der Waals surface area (Å²) in [5.74, 6) is -0.510. The lowest BCUT2D eigenvalue weighted by atomic mass is 9.52. The number of Topliss-reactive ketones (excluding diaryl/α,β-unsaturated/α-hetero) is 1. The predicted octanol–water partition coefficient (Wildman–Crippen LogP) is 1.93. The van der Waals surface area contributed by atoms with Gasteiger partial charge < -0.3 is 14.4 Å². The smallest absolute Gasteiger partial charge is 0.174 e. The van der Waals surface area contributed by atoms with Crippen LogP contribution in [0.4, 0.5) is 0 Å². The number of rotatable bonds is 1. The molecule has 2 fully saturated rings. The zero-order chi connectivity index (χ0) is 19.4. The van der Waals surface area contributed by atoms with E-state index in [0.29, 0.717) is 17.9 Å². The van der Waals surface area contributed by atoms with Gasteiger partial charge in [0.1, 0.15) is 0 Å². The van der Waals surface area contributed by atoms with E-state index in [1.54, 1.807) is 6.07 Å². The molecule has 1 spiro atoms. The Balaban J connectivity index is 1.84. The van der Waals surface area contributed by atoms with Gasteiger partial charge in [0.15, 0.2) is 23.4 Å². The number of likely N-dealkylation sites (tertiary alicyclic amines) is 1. The summed E-state index contributed by atoms with van der Waals surface area (Å²) in [6, 6.07) is 1.92. The average molecular weight is 304 g/mol. The summed E-state index contributed by atoms with van der Waals surface area (Å²) in [6.07, 6.45) is -0.140. The Morgan fingerprint density at radius 2 is 2.45 bits per heavy atom. The van der Waals surface area contributed by atoms with Crippen LogP contribution in [0.3, 0.4) is 0 Å². The number of benzene rings is 1. The van der Waals surface area contributed by atoms with Crippen molar-refractivity contribution in [3.63, 3.8) is 0 Å². The Morgan fingerprint density at radius 3 is 3.27 bits per heavy atom. The van der Waals surface area contributed by atoms with Crippen LogP contribution in [0.15, 0.2) is 12.1 Å². The molecule has 1 saturated carbocycles. The highest BCUT2D eigenvalue weighted by Gasteiger charge is 2.65. The summed E-state index contributed by atoms with van der Waals surface area (Å²) < 4.78 is 54.1. The Labute approximate surface area is 137 Å². The van der Waals surface area contributed by atoms with Crippen molar-refractivity contribution in [3.8, 4) is 11.5 Å². The lowest BCUT2D eigenvalue weighted by molar-refractivity contribution is -0.138. The van der Waals surface area contributed by atoms with E-state index in [9.17, 15) is 7.54 Å². The van der Waals surface area contributed by atoms with E-state index in [-0.39, 0.29) is 31.6 Å². The maximum absolute atomic E-state index is 12.8. The minimum atomic E-state index is -2.47. The lowest BCUT2D eigenvalue weighted by Gasteiger charge is -2.57. The molecule has 1 aromatic carbocycles. The predicted molar refractivity (Wildman–Crippen MR) is 81.6 cm³/mol. The van der Waals surface area contributed by atoms with Crippen LogP contribution in [0.5, 0.6) is 11.5 Å². The van der Waals surface area contributed by atoms with Gasteiger partial charge in [-0.05, 0) is 50.3 Å². The maximum Gasteiger partial charge on any atom is 0.174 e. The van der Waals surface area contributed by atoms with Gasteiger partial charge in [0, 0.05) is 30.3 Å². The molecule has 2 aliphatic carbocycles. The largest absolute Gasteiger partial charge is 0.493 e. The standard InChI is InChI=1S/C18H21NO3/c1-19-8-7-18-11-4-5-13(20)17(18)22-16-14(21-2)6-3-10(15(16)18)9-12(11)19/h3,6,11-12,17H,4-5,7-9H2,1-2H3/t11-,12+,17?,18-/m0/s1/i1D3,11D,12D. The number of hydrogen-bond donors (Lipinski definition) is 0. The molecule has 4 heteroatoms. The first kappa shape index (κ1) is 8.92. The van der Waals surface area contributed by atoms with Crippen molar-refractivity contribution in [1.82, 2.24) is 4.90 Å². The highest BCUT2D eigenvalue weighted by molar-refractivity contribution is 5.89. The number of methoxy groups -OCH3 is 1. The number of carbonyl (C=O) groups is 1. The third kappa shape index (κ3) is 1.27. The van der Waals surface area contributed by atoms with E-state index in [1.165, 1.54) is 12.0 Å².